The molecule has 4 aromatic rings. The van der Waals surface area contributed by atoms with Gasteiger partial charge in [0.25, 0.3) is 0 Å². The van der Waals surface area contributed by atoms with E-state index in [-0.39, 0.29) is 0 Å². The fourth-order valence-electron chi connectivity index (χ4n) is 4.90. The summed E-state index contributed by atoms with van der Waals surface area (Å²) in [7, 11) is 0. The Bertz CT molecular complexity index is 1400. The van der Waals surface area contributed by atoms with Gasteiger partial charge in [0.2, 0.25) is 5.95 Å². The SMILES string of the molecule is Nc1nc(Nc2ccc(N3CCOCC3)cc2)nc2c(-c3cccc(OCCN4CCOCC4)c3)nccc12. The number of hydrogen-bond acceptors (Lipinski definition) is 10. The number of benzene rings is 2. The number of nitrogens with zero attached hydrogens (tertiary/aromatic N) is 5. The third-order valence-electron chi connectivity index (χ3n) is 7.03. The predicted octanol–water partition coefficient (Wildman–Crippen LogP) is 3.57. The molecule has 0 amide bonds. The molecular weight excluding hydrogens is 494 g/mol. The zero-order valence-corrected chi connectivity index (χ0v) is 21.9. The van der Waals surface area contributed by atoms with Gasteiger partial charge in [-0.1, -0.05) is 12.1 Å². The summed E-state index contributed by atoms with van der Waals surface area (Å²) >= 11 is 0. The van der Waals surface area contributed by atoms with Gasteiger partial charge in [-0.05, 0) is 42.5 Å². The summed E-state index contributed by atoms with van der Waals surface area (Å²) in [6.45, 7) is 8.23. The maximum Gasteiger partial charge on any atom is 0.229 e. The minimum Gasteiger partial charge on any atom is -0.492 e. The van der Waals surface area contributed by atoms with E-state index in [1.54, 1.807) is 6.20 Å². The van der Waals surface area contributed by atoms with Crippen LogP contribution in [0.25, 0.3) is 22.2 Å². The van der Waals surface area contributed by atoms with Gasteiger partial charge in [-0.2, -0.15) is 4.98 Å². The second-order valence-corrected chi connectivity index (χ2v) is 9.59. The van der Waals surface area contributed by atoms with Crippen LogP contribution in [0, 0.1) is 0 Å². The van der Waals surface area contributed by atoms with Gasteiger partial charge in [0.1, 0.15) is 23.7 Å². The molecule has 2 aliphatic heterocycles. The fraction of sp³-hybridized carbons (Fsp3) is 0.345. The van der Waals surface area contributed by atoms with E-state index < -0.39 is 0 Å². The molecule has 2 saturated heterocycles. The third-order valence-corrected chi connectivity index (χ3v) is 7.03. The van der Waals surface area contributed by atoms with Crippen molar-refractivity contribution in [3.8, 4) is 17.0 Å². The Balaban J connectivity index is 1.20. The van der Waals surface area contributed by atoms with Crippen LogP contribution in [0.2, 0.25) is 0 Å². The van der Waals surface area contributed by atoms with Gasteiger partial charge in [-0.3, -0.25) is 9.88 Å². The molecule has 2 aliphatic rings. The van der Waals surface area contributed by atoms with Crippen molar-refractivity contribution < 1.29 is 14.2 Å². The van der Waals surface area contributed by atoms with Crippen molar-refractivity contribution >= 4 is 34.0 Å². The molecule has 0 aliphatic carbocycles. The van der Waals surface area contributed by atoms with E-state index in [1.165, 1.54) is 5.69 Å². The Morgan fingerprint density at radius 3 is 2.46 bits per heavy atom. The van der Waals surface area contributed by atoms with Crippen LogP contribution in [-0.2, 0) is 9.47 Å². The molecule has 202 valence electrons. The Labute approximate surface area is 227 Å². The normalized spacial score (nSPS) is 16.4. The first-order chi connectivity index (χ1) is 19.2. The van der Waals surface area contributed by atoms with Crippen LogP contribution in [0.5, 0.6) is 5.75 Å². The number of morpholine rings is 2. The molecule has 0 radical (unpaired) electrons. The summed E-state index contributed by atoms with van der Waals surface area (Å²) in [5, 5.41) is 4.06. The predicted molar refractivity (Wildman–Crippen MR) is 153 cm³/mol. The molecule has 4 heterocycles. The molecule has 0 spiro atoms. The number of nitrogen functional groups attached to an aromatic ring is 1. The molecular formula is C29H33N7O3. The van der Waals surface area contributed by atoms with Crippen LogP contribution in [0.15, 0.2) is 60.8 Å². The average Bonchev–Trinajstić information content (AvgIpc) is 2.99. The number of nitrogens with two attached hydrogens (primary N) is 1. The van der Waals surface area contributed by atoms with Gasteiger partial charge < -0.3 is 30.2 Å². The van der Waals surface area contributed by atoms with Gasteiger partial charge in [0, 0.05) is 61.2 Å². The van der Waals surface area contributed by atoms with Crippen LogP contribution in [0.1, 0.15) is 0 Å². The number of aromatic nitrogens is 3. The van der Waals surface area contributed by atoms with Crippen LogP contribution in [-0.4, -0.2) is 85.6 Å². The van der Waals surface area contributed by atoms with E-state index in [0.717, 1.165) is 87.2 Å². The highest BCUT2D eigenvalue weighted by molar-refractivity contribution is 5.97. The van der Waals surface area contributed by atoms with Crippen LogP contribution < -0.4 is 20.7 Å². The van der Waals surface area contributed by atoms with Crippen molar-refractivity contribution in [1.82, 2.24) is 19.9 Å². The van der Waals surface area contributed by atoms with Gasteiger partial charge >= 0.3 is 0 Å². The van der Waals surface area contributed by atoms with Crippen molar-refractivity contribution in [2.75, 3.05) is 81.7 Å². The summed E-state index contributed by atoms with van der Waals surface area (Å²) in [5.41, 5.74) is 10.7. The molecule has 39 heavy (non-hydrogen) atoms. The van der Waals surface area contributed by atoms with Crippen molar-refractivity contribution in [3.63, 3.8) is 0 Å². The Morgan fingerprint density at radius 1 is 0.897 bits per heavy atom. The molecule has 2 aromatic heterocycles. The number of pyridine rings is 1. The second kappa shape index (κ2) is 11.8. The molecule has 0 unspecified atom stereocenters. The minimum absolute atomic E-state index is 0.397. The first-order valence-corrected chi connectivity index (χ1v) is 13.4. The maximum absolute atomic E-state index is 6.37. The van der Waals surface area contributed by atoms with Crippen molar-refractivity contribution in [1.29, 1.82) is 0 Å². The van der Waals surface area contributed by atoms with E-state index in [4.69, 9.17) is 24.9 Å². The molecule has 2 aromatic carbocycles. The molecule has 0 atom stereocenters. The average molecular weight is 528 g/mol. The number of ether oxygens (including phenoxy) is 3. The highest BCUT2D eigenvalue weighted by Gasteiger charge is 2.15. The highest BCUT2D eigenvalue weighted by atomic mass is 16.5. The lowest BCUT2D eigenvalue weighted by Crippen LogP contribution is -2.38. The van der Waals surface area contributed by atoms with Crippen molar-refractivity contribution in [3.05, 3.63) is 60.8 Å². The molecule has 10 nitrogen and oxygen atoms in total. The standard InChI is InChI=1S/C29H33N7O3/c30-28-25-8-9-31-26(21-2-1-3-24(20-21)39-19-12-35-10-15-37-16-11-35)27(25)33-29(34-28)32-22-4-6-23(7-5-22)36-13-17-38-18-14-36/h1-9,20H,10-19H2,(H3,30,32,33,34). The summed E-state index contributed by atoms with van der Waals surface area (Å²) in [4.78, 5) is 18.7. The highest BCUT2D eigenvalue weighted by Crippen LogP contribution is 2.31. The lowest BCUT2D eigenvalue weighted by molar-refractivity contribution is 0.0322. The number of nitrogens with one attached hydrogen (secondary N) is 1. The van der Waals surface area contributed by atoms with E-state index >= 15 is 0 Å². The van der Waals surface area contributed by atoms with E-state index in [0.29, 0.717) is 23.9 Å². The topological polar surface area (TPSA) is 111 Å². The summed E-state index contributed by atoms with van der Waals surface area (Å²) < 4.78 is 17.0. The smallest absolute Gasteiger partial charge is 0.229 e. The minimum atomic E-state index is 0.397. The molecule has 2 fully saturated rings. The summed E-state index contributed by atoms with van der Waals surface area (Å²) in [5.74, 6) is 1.61. The number of rotatable bonds is 8. The zero-order valence-electron chi connectivity index (χ0n) is 21.9. The van der Waals surface area contributed by atoms with Gasteiger partial charge in [-0.25, -0.2) is 4.98 Å². The molecule has 0 bridgehead atoms. The number of anilines is 4. The van der Waals surface area contributed by atoms with Gasteiger partial charge in [0.15, 0.2) is 0 Å². The number of fused-ring (bicyclic) bond motifs is 1. The largest absolute Gasteiger partial charge is 0.492 e. The lowest BCUT2D eigenvalue weighted by Gasteiger charge is -2.28. The van der Waals surface area contributed by atoms with E-state index in [1.807, 2.05) is 42.5 Å². The quantitative estimate of drug-likeness (QED) is 0.353. The fourth-order valence-corrected chi connectivity index (χ4v) is 4.90. The van der Waals surface area contributed by atoms with Crippen LogP contribution >= 0.6 is 0 Å². The summed E-state index contributed by atoms with van der Waals surface area (Å²) in [6, 6.07) is 18.0. The monoisotopic (exact) mass is 527 g/mol. The first-order valence-electron chi connectivity index (χ1n) is 13.4. The molecule has 10 heteroatoms. The van der Waals surface area contributed by atoms with E-state index in [2.05, 4.69) is 37.2 Å². The molecule has 3 N–H and O–H groups in total. The Hall–Kier alpha value is -3.99. The van der Waals surface area contributed by atoms with Crippen molar-refractivity contribution in [2.24, 2.45) is 0 Å². The van der Waals surface area contributed by atoms with Gasteiger partial charge in [-0.15, -0.1) is 0 Å². The lowest BCUT2D eigenvalue weighted by atomic mass is 10.1. The molecule has 0 saturated carbocycles. The van der Waals surface area contributed by atoms with Crippen LogP contribution in [0.3, 0.4) is 0 Å². The number of hydrogen-bond donors (Lipinski definition) is 2. The Kier molecular flexibility index (Phi) is 7.66. The molecule has 6 rings (SSSR count). The second-order valence-electron chi connectivity index (χ2n) is 9.59. The Morgan fingerprint density at radius 2 is 1.67 bits per heavy atom. The maximum atomic E-state index is 6.37. The third kappa shape index (κ3) is 6.03. The van der Waals surface area contributed by atoms with Crippen molar-refractivity contribution in [2.45, 2.75) is 0 Å². The van der Waals surface area contributed by atoms with E-state index in [9.17, 15) is 0 Å². The van der Waals surface area contributed by atoms with Gasteiger partial charge in [0.05, 0.1) is 32.1 Å². The summed E-state index contributed by atoms with van der Waals surface area (Å²) in [6.07, 6.45) is 1.74. The zero-order chi connectivity index (χ0) is 26.4. The van der Waals surface area contributed by atoms with Crippen LogP contribution in [0.4, 0.5) is 23.1 Å². The first kappa shape index (κ1) is 25.3.